The SMILES string of the molecule is CCC(O)[CH]Cc1ccccc1. The summed E-state index contributed by atoms with van der Waals surface area (Å²) < 4.78 is 0. The van der Waals surface area contributed by atoms with Crippen LogP contribution in [0.15, 0.2) is 30.3 Å². The first-order valence-electron chi connectivity index (χ1n) is 4.38. The summed E-state index contributed by atoms with van der Waals surface area (Å²) in [7, 11) is 0. The van der Waals surface area contributed by atoms with E-state index in [-0.39, 0.29) is 6.10 Å². The third-order valence-electron chi connectivity index (χ3n) is 1.89. The molecule has 0 saturated heterocycles. The Labute approximate surface area is 74.1 Å². The summed E-state index contributed by atoms with van der Waals surface area (Å²) in [6, 6.07) is 10.2. The van der Waals surface area contributed by atoms with Crippen LogP contribution in [0.25, 0.3) is 0 Å². The van der Waals surface area contributed by atoms with E-state index >= 15 is 0 Å². The first-order chi connectivity index (χ1) is 5.83. The van der Waals surface area contributed by atoms with Crippen LogP contribution in [0, 0.1) is 6.42 Å². The van der Waals surface area contributed by atoms with Gasteiger partial charge in [-0.2, -0.15) is 0 Å². The molecule has 1 aromatic carbocycles. The highest BCUT2D eigenvalue weighted by molar-refractivity contribution is 5.16. The summed E-state index contributed by atoms with van der Waals surface area (Å²) >= 11 is 0. The Hall–Kier alpha value is -0.820. The van der Waals surface area contributed by atoms with Crippen molar-refractivity contribution in [1.82, 2.24) is 0 Å². The molecule has 0 aliphatic heterocycles. The maximum atomic E-state index is 9.26. The summed E-state index contributed by atoms with van der Waals surface area (Å²) in [5.74, 6) is 0. The Morgan fingerprint density at radius 1 is 1.33 bits per heavy atom. The number of aliphatic hydroxyl groups excluding tert-OH is 1. The van der Waals surface area contributed by atoms with Crippen molar-refractivity contribution in [3.05, 3.63) is 42.3 Å². The second kappa shape index (κ2) is 4.94. The van der Waals surface area contributed by atoms with Crippen molar-refractivity contribution in [2.45, 2.75) is 25.9 Å². The van der Waals surface area contributed by atoms with Crippen LogP contribution in [0.3, 0.4) is 0 Å². The maximum Gasteiger partial charge on any atom is 0.0572 e. The molecule has 0 spiro atoms. The maximum absolute atomic E-state index is 9.26. The molecule has 0 aliphatic rings. The zero-order chi connectivity index (χ0) is 8.81. The molecule has 0 aromatic heterocycles. The van der Waals surface area contributed by atoms with Gasteiger partial charge in [0.15, 0.2) is 0 Å². The largest absolute Gasteiger partial charge is 0.393 e. The molecule has 0 bridgehead atoms. The lowest BCUT2D eigenvalue weighted by Crippen LogP contribution is -2.06. The number of hydrogen-bond donors (Lipinski definition) is 1. The molecule has 0 saturated carbocycles. The van der Waals surface area contributed by atoms with E-state index in [4.69, 9.17) is 0 Å². The molecule has 0 amide bonds. The van der Waals surface area contributed by atoms with E-state index in [0.29, 0.717) is 0 Å². The molecule has 0 fully saturated rings. The number of aliphatic hydroxyl groups is 1. The van der Waals surface area contributed by atoms with Crippen molar-refractivity contribution < 1.29 is 5.11 Å². The molecule has 1 atom stereocenters. The molecule has 0 aliphatic carbocycles. The van der Waals surface area contributed by atoms with Gasteiger partial charge in [0.2, 0.25) is 0 Å². The summed E-state index contributed by atoms with van der Waals surface area (Å²) in [5.41, 5.74) is 1.25. The molecule has 1 heteroatoms. The van der Waals surface area contributed by atoms with Gasteiger partial charge in [0.05, 0.1) is 6.10 Å². The zero-order valence-electron chi connectivity index (χ0n) is 7.40. The Morgan fingerprint density at radius 2 is 2.00 bits per heavy atom. The van der Waals surface area contributed by atoms with Crippen molar-refractivity contribution in [3.8, 4) is 0 Å². The average Bonchev–Trinajstić information content (AvgIpc) is 2.16. The fourth-order valence-electron chi connectivity index (χ4n) is 1.05. The van der Waals surface area contributed by atoms with Crippen molar-refractivity contribution in [2.75, 3.05) is 0 Å². The minimum Gasteiger partial charge on any atom is -0.393 e. The molecular weight excluding hydrogens is 148 g/mol. The van der Waals surface area contributed by atoms with Crippen LogP contribution in [-0.4, -0.2) is 11.2 Å². The van der Waals surface area contributed by atoms with Gasteiger partial charge in [0.25, 0.3) is 0 Å². The van der Waals surface area contributed by atoms with E-state index in [1.165, 1.54) is 5.56 Å². The molecule has 1 rings (SSSR count). The van der Waals surface area contributed by atoms with Gasteiger partial charge < -0.3 is 5.11 Å². The van der Waals surface area contributed by atoms with Crippen LogP contribution in [0.5, 0.6) is 0 Å². The Balaban J connectivity index is 2.33. The number of rotatable bonds is 4. The Morgan fingerprint density at radius 3 is 2.58 bits per heavy atom. The van der Waals surface area contributed by atoms with E-state index < -0.39 is 0 Å². The average molecular weight is 163 g/mol. The monoisotopic (exact) mass is 163 g/mol. The van der Waals surface area contributed by atoms with Crippen LogP contribution >= 0.6 is 0 Å². The zero-order valence-corrected chi connectivity index (χ0v) is 7.40. The van der Waals surface area contributed by atoms with E-state index in [2.05, 4.69) is 12.1 Å². The lowest BCUT2D eigenvalue weighted by Gasteiger charge is -2.05. The molecule has 0 heterocycles. The Bertz CT molecular complexity index is 206. The first-order valence-corrected chi connectivity index (χ1v) is 4.38. The number of benzene rings is 1. The summed E-state index contributed by atoms with van der Waals surface area (Å²) in [6.07, 6.45) is 3.34. The van der Waals surface area contributed by atoms with Crippen molar-refractivity contribution >= 4 is 0 Å². The van der Waals surface area contributed by atoms with Gasteiger partial charge in [0, 0.05) is 0 Å². The molecule has 1 unspecified atom stereocenters. The highest BCUT2D eigenvalue weighted by atomic mass is 16.3. The van der Waals surface area contributed by atoms with Crippen LogP contribution in [0.2, 0.25) is 0 Å². The summed E-state index contributed by atoms with van der Waals surface area (Å²) in [6.45, 7) is 1.98. The van der Waals surface area contributed by atoms with E-state index in [9.17, 15) is 5.11 Å². The van der Waals surface area contributed by atoms with Crippen molar-refractivity contribution in [2.24, 2.45) is 0 Å². The standard InChI is InChI=1S/C11H15O/c1-2-11(12)9-8-10-6-4-3-5-7-10/h3-7,9,11-12H,2,8H2,1H3. The molecule has 1 aromatic rings. The normalized spacial score (nSPS) is 12.8. The highest BCUT2D eigenvalue weighted by Crippen LogP contribution is 2.05. The smallest absolute Gasteiger partial charge is 0.0572 e. The second-order valence-electron chi connectivity index (χ2n) is 2.90. The molecule has 12 heavy (non-hydrogen) atoms. The highest BCUT2D eigenvalue weighted by Gasteiger charge is 2.00. The van der Waals surface area contributed by atoms with Crippen LogP contribution in [0.4, 0.5) is 0 Å². The lowest BCUT2D eigenvalue weighted by atomic mass is 10.1. The quantitative estimate of drug-likeness (QED) is 0.721. The van der Waals surface area contributed by atoms with Crippen molar-refractivity contribution in [3.63, 3.8) is 0 Å². The van der Waals surface area contributed by atoms with Gasteiger partial charge in [-0.25, -0.2) is 0 Å². The van der Waals surface area contributed by atoms with Gasteiger partial charge in [-0.15, -0.1) is 0 Å². The minimum atomic E-state index is -0.259. The first kappa shape index (κ1) is 9.27. The fraction of sp³-hybridized carbons (Fsp3) is 0.364. The molecule has 1 nitrogen and oxygen atoms in total. The molecule has 1 radical (unpaired) electrons. The third kappa shape index (κ3) is 3.05. The Kier molecular flexibility index (Phi) is 3.81. The molecule has 65 valence electrons. The summed E-state index contributed by atoms with van der Waals surface area (Å²) in [5, 5.41) is 9.26. The van der Waals surface area contributed by atoms with Crippen LogP contribution in [-0.2, 0) is 6.42 Å². The lowest BCUT2D eigenvalue weighted by molar-refractivity contribution is 0.200. The molecular formula is C11H15O. The third-order valence-corrected chi connectivity index (χ3v) is 1.89. The fourth-order valence-corrected chi connectivity index (χ4v) is 1.05. The minimum absolute atomic E-state index is 0.259. The molecule has 1 N–H and O–H groups in total. The van der Waals surface area contributed by atoms with Gasteiger partial charge in [0.1, 0.15) is 0 Å². The van der Waals surface area contributed by atoms with Gasteiger partial charge in [-0.1, -0.05) is 37.3 Å². The summed E-state index contributed by atoms with van der Waals surface area (Å²) in [4.78, 5) is 0. The topological polar surface area (TPSA) is 20.2 Å². The van der Waals surface area contributed by atoms with Gasteiger partial charge >= 0.3 is 0 Å². The van der Waals surface area contributed by atoms with Crippen LogP contribution in [0.1, 0.15) is 18.9 Å². The van der Waals surface area contributed by atoms with Gasteiger partial charge in [-0.05, 0) is 24.8 Å². The number of hydrogen-bond acceptors (Lipinski definition) is 1. The van der Waals surface area contributed by atoms with E-state index in [1.54, 1.807) is 0 Å². The van der Waals surface area contributed by atoms with E-state index in [0.717, 1.165) is 12.8 Å². The van der Waals surface area contributed by atoms with Crippen LogP contribution < -0.4 is 0 Å². The predicted octanol–water partition coefficient (Wildman–Crippen LogP) is 2.20. The van der Waals surface area contributed by atoms with Gasteiger partial charge in [-0.3, -0.25) is 0 Å². The van der Waals surface area contributed by atoms with Crippen molar-refractivity contribution in [1.29, 1.82) is 0 Å². The second-order valence-corrected chi connectivity index (χ2v) is 2.90. The predicted molar refractivity (Wildman–Crippen MR) is 50.7 cm³/mol. The van der Waals surface area contributed by atoms with E-state index in [1.807, 2.05) is 31.5 Å².